The maximum absolute atomic E-state index is 12.3. The molecule has 0 saturated carbocycles. The number of ketones is 1. The first-order valence-electron chi connectivity index (χ1n) is 5.65. The quantitative estimate of drug-likeness (QED) is 0.731. The molecule has 2 rings (SSSR count). The number of carbonyl (C=O) groups excluding carboxylic acids is 1. The summed E-state index contributed by atoms with van der Waals surface area (Å²) in [5, 5.41) is 1.97. The molecule has 16 heavy (non-hydrogen) atoms. The van der Waals surface area contributed by atoms with E-state index in [0.29, 0.717) is 0 Å². The van der Waals surface area contributed by atoms with Crippen LogP contribution in [0.15, 0.2) is 17.5 Å². The van der Waals surface area contributed by atoms with E-state index in [-0.39, 0.29) is 11.8 Å². The Bertz CT molecular complexity index is 350. The van der Waals surface area contributed by atoms with Crippen LogP contribution in [-0.2, 0) is 0 Å². The van der Waals surface area contributed by atoms with E-state index in [9.17, 15) is 4.79 Å². The number of hydrogen-bond donors (Lipinski definition) is 0. The van der Waals surface area contributed by atoms with Gasteiger partial charge in [0.2, 0.25) is 0 Å². The van der Waals surface area contributed by atoms with Crippen LogP contribution in [0, 0.1) is 0 Å². The molecule has 0 amide bonds. The van der Waals surface area contributed by atoms with Gasteiger partial charge in [-0.15, -0.1) is 11.3 Å². The highest BCUT2D eigenvalue weighted by molar-refractivity contribution is 7.12. The zero-order valence-corrected chi connectivity index (χ0v) is 10.7. The molecule has 1 aromatic heterocycles. The molecule has 2 heterocycles. The van der Waals surface area contributed by atoms with Gasteiger partial charge < -0.3 is 4.90 Å². The van der Waals surface area contributed by atoms with E-state index < -0.39 is 0 Å². The van der Waals surface area contributed by atoms with Gasteiger partial charge in [-0.2, -0.15) is 0 Å². The molecule has 0 aromatic carbocycles. The van der Waals surface area contributed by atoms with Crippen molar-refractivity contribution in [3.8, 4) is 0 Å². The summed E-state index contributed by atoms with van der Waals surface area (Å²) in [4.78, 5) is 17.6. The monoisotopic (exact) mass is 238 g/mol. The number of likely N-dealkylation sites (N-methyl/N-ethyl adjacent to an activating group) is 2. The van der Waals surface area contributed by atoms with E-state index >= 15 is 0 Å². The standard InChI is InChI=1S/C12H18N2OS/c1-13-6-4-7-14(2)10(9-13)12(15)11-5-3-8-16-11/h3,5,8,10H,4,6-7,9H2,1-2H3. The van der Waals surface area contributed by atoms with Crippen LogP contribution in [0.3, 0.4) is 0 Å². The van der Waals surface area contributed by atoms with Gasteiger partial charge in [-0.05, 0) is 45.1 Å². The van der Waals surface area contributed by atoms with Gasteiger partial charge in [0.25, 0.3) is 0 Å². The van der Waals surface area contributed by atoms with E-state index in [1.807, 2.05) is 17.5 Å². The molecule has 1 aromatic rings. The highest BCUT2D eigenvalue weighted by Crippen LogP contribution is 2.16. The summed E-state index contributed by atoms with van der Waals surface area (Å²) in [6.45, 7) is 2.93. The van der Waals surface area contributed by atoms with Gasteiger partial charge in [0.15, 0.2) is 5.78 Å². The van der Waals surface area contributed by atoms with Crippen LogP contribution in [-0.4, -0.2) is 55.4 Å². The Morgan fingerprint density at radius 1 is 1.44 bits per heavy atom. The summed E-state index contributed by atoms with van der Waals surface area (Å²) >= 11 is 1.54. The van der Waals surface area contributed by atoms with Gasteiger partial charge >= 0.3 is 0 Å². The lowest BCUT2D eigenvalue weighted by atomic mass is 10.1. The average Bonchev–Trinajstić information content (AvgIpc) is 2.72. The molecule has 0 N–H and O–H groups in total. The van der Waals surface area contributed by atoms with Crippen molar-refractivity contribution in [1.82, 2.24) is 9.80 Å². The molecule has 0 bridgehead atoms. The van der Waals surface area contributed by atoms with Crippen LogP contribution < -0.4 is 0 Å². The minimum absolute atomic E-state index is 0.0196. The molecule has 1 fully saturated rings. The van der Waals surface area contributed by atoms with Gasteiger partial charge in [-0.1, -0.05) is 6.07 Å². The number of rotatable bonds is 2. The smallest absolute Gasteiger partial charge is 0.191 e. The van der Waals surface area contributed by atoms with Crippen molar-refractivity contribution >= 4 is 17.1 Å². The van der Waals surface area contributed by atoms with E-state index in [1.54, 1.807) is 11.3 Å². The average molecular weight is 238 g/mol. The number of nitrogens with zero attached hydrogens (tertiary/aromatic N) is 2. The van der Waals surface area contributed by atoms with E-state index in [0.717, 1.165) is 30.9 Å². The van der Waals surface area contributed by atoms with Crippen LogP contribution >= 0.6 is 11.3 Å². The number of carbonyl (C=O) groups is 1. The van der Waals surface area contributed by atoms with Gasteiger partial charge in [-0.3, -0.25) is 9.69 Å². The SMILES string of the molecule is CN1CCCN(C)C(C(=O)c2cccs2)C1. The lowest BCUT2D eigenvalue weighted by molar-refractivity contribution is 0.0844. The van der Waals surface area contributed by atoms with Crippen LogP contribution in [0.25, 0.3) is 0 Å². The molecule has 4 heteroatoms. The van der Waals surface area contributed by atoms with Crippen molar-refractivity contribution in [3.63, 3.8) is 0 Å². The Balaban J connectivity index is 2.14. The summed E-state index contributed by atoms with van der Waals surface area (Å²) < 4.78 is 0. The number of hydrogen-bond acceptors (Lipinski definition) is 4. The maximum Gasteiger partial charge on any atom is 0.191 e. The Hall–Kier alpha value is -0.710. The highest BCUT2D eigenvalue weighted by atomic mass is 32.1. The normalized spacial score (nSPS) is 24.2. The predicted molar refractivity (Wildman–Crippen MR) is 67.2 cm³/mol. The summed E-state index contributed by atoms with van der Waals surface area (Å²) in [5.41, 5.74) is 0. The molecule has 0 spiro atoms. The van der Waals surface area contributed by atoms with Gasteiger partial charge in [0.1, 0.15) is 0 Å². The van der Waals surface area contributed by atoms with Gasteiger partial charge in [-0.25, -0.2) is 0 Å². The van der Waals surface area contributed by atoms with Crippen molar-refractivity contribution in [2.45, 2.75) is 12.5 Å². The van der Waals surface area contributed by atoms with Crippen molar-refractivity contribution in [2.75, 3.05) is 33.7 Å². The third-order valence-corrected chi connectivity index (χ3v) is 4.02. The molecule has 1 aliphatic heterocycles. The summed E-state index contributed by atoms with van der Waals surface area (Å²) in [5.74, 6) is 0.270. The Kier molecular flexibility index (Phi) is 3.74. The van der Waals surface area contributed by atoms with E-state index in [4.69, 9.17) is 0 Å². The van der Waals surface area contributed by atoms with Crippen molar-refractivity contribution < 1.29 is 4.79 Å². The Morgan fingerprint density at radius 3 is 2.94 bits per heavy atom. The Labute approximate surface area is 101 Å². The van der Waals surface area contributed by atoms with Crippen molar-refractivity contribution in [3.05, 3.63) is 22.4 Å². The summed E-state index contributed by atoms with van der Waals surface area (Å²) in [6, 6.07) is 3.88. The molecule has 1 atom stereocenters. The molecular weight excluding hydrogens is 220 g/mol. The minimum Gasteiger partial charge on any atom is -0.304 e. The molecule has 1 unspecified atom stereocenters. The molecule has 88 valence electrons. The molecule has 3 nitrogen and oxygen atoms in total. The fourth-order valence-electron chi connectivity index (χ4n) is 2.14. The third-order valence-electron chi connectivity index (χ3n) is 3.13. The van der Waals surface area contributed by atoms with Crippen molar-refractivity contribution in [2.24, 2.45) is 0 Å². The highest BCUT2D eigenvalue weighted by Gasteiger charge is 2.28. The second-order valence-electron chi connectivity index (χ2n) is 4.45. The molecule has 1 aliphatic rings. The molecule has 0 aliphatic carbocycles. The molecule has 0 radical (unpaired) electrons. The van der Waals surface area contributed by atoms with E-state index in [2.05, 4.69) is 23.9 Å². The number of thiophene rings is 1. The summed E-state index contributed by atoms with van der Waals surface area (Å²) in [7, 11) is 4.14. The minimum atomic E-state index is 0.0196. The predicted octanol–water partition coefficient (Wildman–Crippen LogP) is 1.57. The summed E-state index contributed by atoms with van der Waals surface area (Å²) in [6.07, 6.45) is 1.14. The van der Waals surface area contributed by atoms with Crippen LogP contribution in [0.1, 0.15) is 16.1 Å². The van der Waals surface area contributed by atoms with Crippen LogP contribution in [0.2, 0.25) is 0 Å². The molecule has 1 saturated heterocycles. The topological polar surface area (TPSA) is 23.6 Å². The maximum atomic E-state index is 12.3. The first-order chi connectivity index (χ1) is 7.68. The van der Waals surface area contributed by atoms with Crippen LogP contribution in [0.4, 0.5) is 0 Å². The first kappa shape index (κ1) is 11.8. The van der Waals surface area contributed by atoms with E-state index in [1.165, 1.54) is 0 Å². The largest absolute Gasteiger partial charge is 0.304 e. The lowest BCUT2D eigenvalue weighted by Gasteiger charge is -2.25. The third kappa shape index (κ3) is 2.51. The van der Waals surface area contributed by atoms with Crippen LogP contribution in [0.5, 0.6) is 0 Å². The first-order valence-corrected chi connectivity index (χ1v) is 6.53. The fraction of sp³-hybridized carbons (Fsp3) is 0.583. The molecular formula is C12H18N2OS. The Morgan fingerprint density at radius 2 is 2.25 bits per heavy atom. The lowest BCUT2D eigenvalue weighted by Crippen LogP contribution is -2.43. The van der Waals surface area contributed by atoms with Crippen molar-refractivity contribution in [1.29, 1.82) is 0 Å². The zero-order valence-electron chi connectivity index (χ0n) is 9.85. The van der Waals surface area contributed by atoms with Gasteiger partial charge in [0.05, 0.1) is 10.9 Å². The fourth-order valence-corrected chi connectivity index (χ4v) is 2.85. The zero-order chi connectivity index (χ0) is 11.5. The second kappa shape index (κ2) is 5.08. The number of Topliss-reactive ketones (excluding diaryl/α,β-unsaturated/α-hetero) is 1. The second-order valence-corrected chi connectivity index (χ2v) is 5.40. The van der Waals surface area contributed by atoms with Gasteiger partial charge in [0, 0.05) is 6.54 Å².